The molecule has 2 aromatic rings. The summed E-state index contributed by atoms with van der Waals surface area (Å²) in [4.78, 5) is 4.32. The van der Waals surface area contributed by atoms with E-state index >= 15 is 0 Å². The molecule has 1 aliphatic rings. The Labute approximate surface area is 99.3 Å². The SMILES string of the molecule is CC1(C)C(N)CC1Nc1nccn2cnnc12. The fourth-order valence-corrected chi connectivity index (χ4v) is 2.23. The van der Waals surface area contributed by atoms with Gasteiger partial charge < -0.3 is 11.1 Å². The lowest BCUT2D eigenvalue weighted by molar-refractivity contribution is 0.117. The third-order valence-corrected chi connectivity index (χ3v) is 3.87. The molecule has 0 radical (unpaired) electrons. The number of hydrogen-bond acceptors (Lipinski definition) is 5. The first-order valence-corrected chi connectivity index (χ1v) is 5.75. The maximum absolute atomic E-state index is 6.00. The third kappa shape index (κ3) is 1.48. The van der Waals surface area contributed by atoms with Crippen LogP contribution in [-0.2, 0) is 0 Å². The van der Waals surface area contributed by atoms with Crippen LogP contribution in [0, 0.1) is 5.41 Å². The zero-order valence-corrected chi connectivity index (χ0v) is 9.96. The van der Waals surface area contributed by atoms with Crippen LogP contribution in [0.4, 0.5) is 5.82 Å². The number of anilines is 1. The van der Waals surface area contributed by atoms with Gasteiger partial charge in [-0.2, -0.15) is 0 Å². The highest BCUT2D eigenvalue weighted by atomic mass is 15.3. The molecule has 0 aromatic carbocycles. The minimum atomic E-state index is 0.0918. The van der Waals surface area contributed by atoms with Gasteiger partial charge in [-0.25, -0.2) is 4.98 Å². The van der Waals surface area contributed by atoms with Crippen molar-refractivity contribution < 1.29 is 0 Å². The Bertz CT molecular complexity index is 546. The predicted octanol–water partition coefficient (Wildman–Crippen LogP) is 0.662. The first-order valence-electron chi connectivity index (χ1n) is 5.75. The number of fused-ring (bicyclic) bond motifs is 1. The second-order valence-electron chi connectivity index (χ2n) is 5.20. The second kappa shape index (κ2) is 3.40. The molecule has 2 aromatic heterocycles. The Morgan fingerprint density at radius 2 is 2.35 bits per heavy atom. The molecule has 1 aliphatic carbocycles. The average molecular weight is 232 g/mol. The molecule has 6 nitrogen and oxygen atoms in total. The van der Waals surface area contributed by atoms with E-state index in [0.717, 1.165) is 17.9 Å². The molecule has 6 heteroatoms. The summed E-state index contributed by atoms with van der Waals surface area (Å²) >= 11 is 0. The summed E-state index contributed by atoms with van der Waals surface area (Å²) in [5.74, 6) is 0.773. The fourth-order valence-electron chi connectivity index (χ4n) is 2.23. The van der Waals surface area contributed by atoms with Gasteiger partial charge in [-0.05, 0) is 6.42 Å². The highest BCUT2D eigenvalue weighted by Crippen LogP contribution is 2.40. The van der Waals surface area contributed by atoms with Gasteiger partial charge in [-0.15, -0.1) is 10.2 Å². The minimum Gasteiger partial charge on any atom is -0.364 e. The fraction of sp³-hybridized carbons (Fsp3) is 0.545. The molecule has 3 N–H and O–H groups in total. The molecular formula is C11H16N6. The van der Waals surface area contributed by atoms with E-state index in [0.29, 0.717) is 6.04 Å². The molecule has 90 valence electrons. The smallest absolute Gasteiger partial charge is 0.203 e. The molecule has 3 rings (SSSR count). The average Bonchev–Trinajstić information content (AvgIpc) is 2.77. The molecule has 2 heterocycles. The van der Waals surface area contributed by atoms with Crippen molar-refractivity contribution in [1.29, 1.82) is 0 Å². The van der Waals surface area contributed by atoms with Crippen molar-refractivity contribution in [3.05, 3.63) is 18.7 Å². The molecule has 2 atom stereocenters. The summed E-state index contributed by atoms with van der Waals surface area (Å²) in [6.45, 7) is 4.34. The van der Waals surface area contributed by atoms with Gasteiger partial charge >= 0.3 is 0 Å². The summed E-state index contributed by atoms with van der Waals surface area (Å²) in [5.41, 5.74) is 6.84. The van der Waals surface area contributed by atoms with Crippen molar-refractivity contribution >= 4 is 11.5 Å². The second-order valence-corrected chi connectivity index (χ2v) is 5.20. The number of nitrogens with zero attached hydrogens (tertiary/aromatic N) is 4. The largest absolute Gasteiger partial charge is 0.364 e. The van der Waals surface area contributed by atoms with Crippen molar-refractivity contribution in [1.82, 2.24) is 19.6 Å². The zero-order chi connectivity index (χ0) is 12.0. The van der Waals surface area contributed by atoms with E-state index in [4.69, 9.17) is 5.73 Å². The van der Waals surface area contributed by atoms with E-state index in [-0.39, 0.29) is 11.5 Å². The number of nitrogens with one attached hydrogen (secondary N) is 1. The summed E-state index contributed by atoms with van der Waals surface area (Å²) < 4.78 is 1.85. The number of nitrogens with two attached hydrogens (primary N) is 1. The third-order valence-electron chi connectivity index (χ3n) is 3.87. The monoisotopic (exact) mass is 232 g/mol. The Kier molecular flexibility index (Phi) is 2.09. The Morgan fingerprint density at radius 3 is 3.06 bits per heavy atom. The van der Waals surface area contributed by atoms with Crippen LogP contribution in [-0.4, -0.2) is 31.7 Å². The van der Waals surface area contributed by atoms with Crippen LogP contribution in [0.1, 0.15) is 20.3 Å². The Balaban J connectivity index is 1.89. The standard InChI is InChI=1S/C11H16N6/c1-11(2)7(12)5-8(11)15-9-10-16-14-6-17(10)4-3-13-9/h3-4,6-8H,5,12H2,1-2H3,(H,13,15). The van der Waals surface area contributed by atoms with Gasteiger partial charge in [0, 0.05) is 29.9 Å². The summed E-state index contributed by atoms with van der Waals surface area (Å²) in [5, 5.41) is 11.3. The van der Waals surface area contributed by atoms with Gasteiger partial charge in [0.1, 0.15) is 6.33 Å². The molecule has 1 fully saturated rings. The topological polar surface area (TPSA) is 81.1 Å². The number of hydrogen-bond donors (Lipinski definition) is 2. The Morgan fingerprint density at radius 1 is 1.53 bits per heavy atom. The van der Waals surface area contributed by atoms with Gasteiger partial charge in [-0.1, -0.05) is 13.8 Å². The van der Waals surface area contributed by atoms with Gasteiger partial charge in [0.05, 0.1) is 0 Å². The van der Waals surface area contributed by atoms with Crippen molar-refractivity contribution in [3.8, 4) is 0 Å². The molecule has 0 saturated heterocycles. The van der Waals surface area contributed by atoms with E-state index in [1.165, 1.54) is 0 Å². The lowest BCUT2D eigenvalue weighted by atomic mass is 9.63. The van der Waals surface area contributed by atoms with Crippen molar-refractivity contribution in [2.75, 3.05) is 5.32 Å². The van der Waals surface area contributed by atoms with Crippen LogP contribution in [0.3, 0.4) is 0 Å². The molecule has 1 saturated carbocycles. The molecule has 0 aliphatic heterocycles. The lowest BCUT2D eigenvalue weighted by Crippen LogP contribution is -2.61. The summed E-state index contributed by atoms with van der Waals surface area (Å²) in [6, 6.07) is 0.588. The van der Waals surface area contributed by atoms with Crippen LogP contribution in [0.5, 0.6) is 0 Å². The predicted molar refractivity (Wildman–Crippen MR) is 64.6 cm³/mol. The first-order chi connectivity index (χ1) is 8.09. The van der Waals surface area contributed by atoms with Crippen LogP contribution in [0.2, 0.25) is 0 Å². The summed E-state index contributed by atoms with van der Waals surface area (Å²) in [6.07, 6.45) is 6.20. The van der Waals surface area contributed by atoms with Gasteiger partial charge in [0.15, 0.2) is 5.82 Å². The van der Waals surface area contributed by atoms with E-state index in [1.54, 1.807) is 12.5 Å². The maximum atomic E-state index is 6.00. The van der Waals surface area contributed by atoms with Crippen LogP contribution < -0.4 is 11.1 Å². The van der Waals surface area contributed by atoms with Gasteiger partial charge in [-0.3, -0.25) is 4.40 Å². The zero-order valence-electron chi connectivity index (χ0n) is 9.96. The molecule has 0 spiro atoms. The van der Waals surface area contributed by atoms with Gasteiger partial charge in [0.25, 0.3) is 0 Å². The first kappa shape index (κ1) is 10.5. The quantitative estimate of drug-likeness (QED) is 0.795. The van der Waals surface area contributed by atoms with Crippen LogP contribution >= 0.6 is 0 Å². The Hall–Kier alpha value is -1.69. The van der Waals surface area contributed by atoms with Crippen LogP contribution in [0.15, 0.2) is 18.7 Å². The number of aromatic nitrogens is 4. The van der Waals surface area contributed by atoms with E-state index < -0.39 is 0 Å². The number of rotatable bonds is 2. The minimum absolute atomic E-state index is 0.0918. The van der Waals surface area contributed by atoms with E-state index in [9.17, 15) is 0 Å². The lowest BCUT2D eigenvalue weighted by Gasteiger charge is -2.50. The molecular weight excluding hydrogens is 216 g/mol. The summed E-state index contributed by atoms with van der Waals surface area (Å²) in [7, 11) is 0. The van der Waals surface area contributed by atoms with E-state index in [2.05, 4.69) is 34.3 Å². The highest BCUT2D eigenvalue weighted by molar-refractivity contribution is 5.62. The molecule has 0 bridgehead atoms. The van der Waals surface area contributed by atoms with Crippen molar-refractivity contribution in [3.63, 3.8) is 0 Å². The normalized spacial score (nSPS) is 26.8. The van der Waals surface area contributed by atoms with Crippen molar-refractivity contribution in [2.45, 2.75) is 32.4 Å². The van der Waals surface area contributed by atoms with E-state index in [1.807, 2.05) is 10.6 Å². The van der Waals surface area contributed by atoms with Gasteiger partial charge in [0.2, 0.25) is 5.65 Å². The molecule has 0 amide bonds. The maximum Gasteiger partial charge on any atom is 0.203 e. The molecule has 17 heavy (non-hydrogen) atoms. The van der Waals surface area contributed by atoms with Crippen molar-refractivity contribution in [2.24, 2.45) is 11.1 Å². The highest BCUT2D eigenvalue weighted by Gasteiger charge is 2.46. The van der Waals surface area contributed by atoms with Crippen LogP contribution in [0.25, 0.3) is 5.65 Å². The molecule has 2 unspecified atom stereocenters.